The summed E-state index contributed by atoms with van der Waals surface area (Å²) in [6.45, 7) is 9.15. The minimum absolute atomic E-state index is 0.399. The molecule has 0 spiro atoms. The Hall–Kier alpha value is -5.64. The van der Waals surface area contributed by atoms with E-state index in [9.17, 15) is 5.02 Å². The molecule has 6 heterocycles. The number of fused-ring (bicyclic) bond motifs is 2. The second-order valence-electron chi connectivity index (χ2n) is 15.2. The molecule has 0 unspecified atom stereocenters. The summed E-state index contributed by atoms with van der Waals surface area (Å²) in [4.78, 5) is 35.0. The van der Waals surface area contributed by atoms with Crippen LogP contribution in [-0.4, -0.2) is 99.1 Å². The smallest absolute Gasteiger partial charge is 0.376 e. The van der Waals surface area contributed by atoms with Crippen molar-refractivity contribution in [3.63, 3.8) is 0 Å². The molecule has 0 atom stereocenters. The van der Waals surface area contributed by atoms with Crippen molar-refractivity contribution in [2.75, 3.05) is 62.2 Å². The highest BCUT2D eigenvalue weighted by atomic mass is 32.2. The van der Waals surface area contributed by atoms with Gasteiger partial charge in [-0.15, -0.1) is 23.5 Å². The molecule has 4 N–H and O–H groups in total. The van der Waals surface area contributed by atoms with Crippen LogP contribution in [0.25, 0.3) is 45.1 Å². The van der Waals surface area contributed by atoms with E-state index < -0.39 is 7.05 Å². The Morgan fingerprint density at radius 1 is 0.525 bits per heavy atom. The number of thioether (sulfide) groups is 2. The fourth-order valence-corrected chi connectivity index (χ4v) is 9.22. The van der Waals surface area contributed by atoms with Crippen LogP contribution in [0.1, 0.15) is 11.1 Å². The average Bonchev–Trinajstić information content (AvgIpc) is 3.96. The molecule has 0 radical (unpaired) electrons. The number of aromatic amines is 2. The fraction of sp³-hybridized carbons (Fsp3) is 0.234. The summed E-state index contributed by atoms with van der Waals surface area (Å²) in [5, 5.41) is 13.1. The van der Waals surface area contributed by atoms with Crippen LogP contribution >= 0.6 is 23.5 Å². The molecule has 2 aliphatic heterocycles. The topological polar surface area (TPSA) is 125 Å². The highest BCUT2D eigenvalue weighted by Gasteiger charge is 2.23. The number of pyridine rings is 2. The average molecular weight is 845 g/mol. The Bertz CT molecular complexity index is 2630. The normalized spacial score (nSPS) is 14.6. The van der Waals surface area contributed by atoms with Crippen molar-refractivity contribution in [1.29, 1.82) is 0 Å². The molecular weight excluding hydrogens is 796 g/mol. The van der Waals surface area contributed by atoms with Crippen LogP contribution in [-0.2, 0) is 11.5 Å². The number of benzene rings is 4. The molecular formula is C47H49BN10OS2. The number of hydrogen-bond donors (Lipinski definition) is 4. The third-order valence-corrected chi connectivity index (χ3v) is 13.2. The lowest BCUT2D eigenvalue weighted by atomic mass is 9.84. The van der Waals surface area contributed by atoms with E-state index in [1.54, 1.807) is 0 Å². The van der Waals surface area contributed by atoms with Crippen molar-refractivity contribution in [2.45, 2.75) is 28.1 Å². The van der Waals surface area contributed by atoms with Crippen LogP contribution in [0.3, 0.4) is 0 Å². The summed E-state index contributed by atoms with van der Waals surface area (Å²) >= 11 is 3.68. The number of anilines is 2. The van der Waals surface area contributed by atoms with Gasteiger partial charge in [0.1, 0.15) is 23.3 Å². The zero-order chi connectivity index (χ0) is 41.4. The Kier molecular flexibility index (Phi) is 13.0. The lowest BCUT2D eigenvalue weighted by Crippen LogP contribution is -2.51. The van der Waals surface area contributed by atoms with Gasteiger partial charge in [0, 0.05) is 84.8 Å². The first-order valence-corrected chi connectivity index (χ1v) is 22.9. The lowest BCUT2D eigenvalue weighted by Gasteiger charge is -2.35. The van der Waals surface area contributed by atoms with Crippen molar-refractivity contribution >= 4 is 64.5 Å². The summed E-state index contributed by atoms with van der Waals surface area (Å²) in [6.07, 6.45) is 0. The van der Waals surface area contributed by atoms with Gasteiger partial charge in [-0.1, -0.05) is 84.9 Å². The number of rotatable bonds is 11. The number of piperazine rings is 2. The van der Waals surface area contributed by atoms with Gasteiger partial charge in [-0.25, -0.2) is 19.9 Å². The first-order chi connectivity index (χ1) is 30.0. The van der Waals surface area contributed by atoms with Crippen molar-refractivity contribution in [3.05, 3.63) is 145 Å². The van der Waals surface area contributed by atoms with Gasteiger partial charge in [-0.2, -0.15) is 0 Å². The summed E-state index contributed by atoms with van der Waals surface area (Å²) in [5.74, 6) is 5.58. The van der Waals surface area contributed by atoms with E-state index in [-0.39, 0.29) is 0 Å². The van der Waals surface area contributed by atoms with Crippen molar-refractivity contribution < 1.29 is 5.02 Å². The maximum atomic E-state index is 9.76. The van der Waals surface area contributed by atoms with E-state index in [0.717, 1.165) is 121 Å². The van der Waals surface area contributed by atoms with E-state index in [0.29, 0.717) is 0 Å². The van der Waals surface area contributed by atoms with Crippen LogP contribution in [0, 0.1) is 0 Å². The zero-order valence-electron chi connectivity index (χ0n) is 34.2. The van der Waals surface area contributed by atoms with Gasteiger partial charge in [0.05, 0.1) is 11.0 Å². The van der Waals surface area contributed by atoms with E-state index in [4.69, 9.17) is 19.9 Å². The maximum absolute atomic E-state index is 9.76. The van der Waals surface area contributed by atoms with Crippen LogP contribution in [0.2, 0.25) is 6.82 Å². The van der Waals surface area contributed by atoms with Gasteiger partial charge in [-0.3, -0.25) is 0 Å². The summed E-state index contributed by atoms with van der Waals surface area (Å²) in [6, 6.07) is 46.4. The summed E-state index contributed by atoms with van der Waals surface area (Å²) in [5.41, 5.74) is 8.22. The van der Waals surface area contributed by atoms with Gasteiger partial charge in [0.25, 0.3) is 0 Å². The van der Waals surface area contributed by atoms with Crippen molar-refractivity contribution in [3.8, 4) is 22.8 Å². The molecule has 11 nitrogen and oxygen atoms in total. The first-order valence-electron chi connectivity index (χ1n) is 20.9. The first kappa shape index (κ1) is 40.8. The number of hydrogen-bond acceptors (Lipinski definition) is 11. The van der Waals surface area contributed by atoms with Crippen LogP contribution in [0.5, 0.6) is 0 Å². The lowest BCUT2D eigenvalue weighted by molar-refractivity contribution is 0.344. The number of imidazole rings is 2. The fourth-order valence-electron chi connectivity index (χ4n) is 7.51. The van der Waals surface area contributed by atoms with Gasteiger partial charge < -0.3 is 34.9 Å². The Labute approximate surface area is 365 Å². The number of nitrogens with one attached hydrogen (secondary N) is 3. The number of H-pyrrole nitrogens is 2. The molecule has 14 heteroatoms. The Morgan fingerprint density at radius 2 is 0.967 bits per heavy atom. The van der Waals surface area contributed by atoms with Gasteiger partial charge in [-0.05, 0) is 66.5 Å². The predicted octanol–water partition coefficient (Wildman–Crippen LogP) is 8.48. The molecule has 0 aliphatic carbocycles. The van der Waals surface area contributed by atoms with Crippen LogP contribution < -0.4 is 15.1 Å². The van der Waals surface area contributed by atoms with Crippen molar-refractivity contribution in [1.82, 2.24) is 40.0 Å². The molecule has 2 aliphatic rings. The SMILES string of the molecule is CB(O)N1CCN(c2ccc3[nH]c(-c4ccc(SCc5ccccc5)cc4)nc3n2)CC1.c1ccc(CSc2ccc(-c3nc4nc(N5CCNCC5)ccc4[nH]3)cc2)cc1. The zero-order valence-corrected chi connectivity index (χ0v) is 35.9. The van der Waals surface area contributed by atoms with E-state index in [2.05, 4.69) is 151 Å². The second-order valence-corrected chi connectivity index (χ2v) is 17.3. The summed E-state index contributed by atoms with van der Waals surface area (Å²) < 4.78 is 0. The molecule has 308 valence electrons. The largest absolute Gasteiger partial charge is 0.437 e. The van der Waals surface area contributed by atoms with E-state index in [1.807, 2.05) is 42.5 Å². The van der Waals surface area contributed by atoms with Gasteiger partial charge >= 0.3 is 7.05 Å². The molecule has 0 amide bonds. The van der Waals surface area contributed by atoms with E-state index >= 15 is 0 Å². The molecule has 8 aromatic rings. The molecule has 0 bridgehead atoms. The minimum Gasteiger partial charge on any atom is -0.437 e. The Balaban J connectivity index is 0.000000157. The quantitative estimate of drug-likeness (QED) is 0.0741. The molecule has 2 saturated heterocycles. The molecule has 2 fully saturated rings. The molecule has 4 aromatic heterocycles. The number of aromatic nitrogens is 6. The highest BCUT2D eigenvalue weighted by Crippen LogP contribution is 2.29. The molecule has 4 aromatic carbocycles. The third-order valence-electron chi connectivity index (χ3n) is 11.0. The molecule has 10 rings (SSSR count). The van der Waals surface area contributed by atoms with Gasteiger partial charge in [0.15, 0.2) is 11.3 Å². The van der Waals surface area contributed by atoms with E-state index in [1.165, 1.54) is 20.9 Å². The third kappa shape index (κ3) is 10.3. The van der Waals surface area contributed by atoms with Crippen molar-refractivity contribution in [2.24, 2.45) is 0 Å². The standard InChI is InChI=1S/C24H26BN5OS.C23H23N5S/c1-25(31)30-15-13-29(14-16-30)22-12-11-21-24(27-22)28-23(26-21)19-7-9-20(10-8-19)32-17-18-5-3-2-4-6-18;1-2-4-17(5-3-1)16-29-19-8-6-18(7-9-19)22-25-20-10-11-21(26-23(20)27-22)28-14-12-24-13-15-28/h2-12,31H,13-17H2,1H3,(H,26,27,28);1-11,24H,12-16H2,(H,25,26,27). The van der Waals surface area contributed by atoms with Crippen LogP contribution in [0.4, 0.5) is 11.6 Å². The minimum atomic E-state index is -0.399. The highest BCUT2D eigenvalue weighted by molar-refractivity contribution is 7.98. The number of nitrogens with zero attached hydrogens (tertiary/aromatic N) is 7. The maximum Gasteiger partial charge on any atom is 0.376 e. The second kappa shape index (κ2) is 19.4. The molecule has 61 heavy (non-hydrogen) atoms. The van der Waals surface area contributed by atoms with Crippen LogP contribution in [0.15, 0.2) is 143 Å². The Morgan fingerprint density at radius 3 is 1.41 bits per heavy atom. The predicted molar refractivity (Wildman–Crippen MR) is 253 cm³/mol. The monoisotopic (exact) mass is 844 g/mol. The summed E-state index contributed by atoms with van der Waals surface area (Å²) in [7, 11) is -0.399. The van der Waals surface area contributed by atoms with Gasteiger partial charge in [0.2, 0.25) is 0 Å². The molecule has 0 saturated carbocycles.